The van der Waals surface area contributed by atoms with Crippen LogP contribution in [0.25, 0.3) is 0 Å². The van der Waals surface area contributed by atoms with E-state index >= 15 is 0 Å². The van der Waals surface area contributed by atoms with Crippen molar-refractivity contribution < 1.29 is 19.4 Å². The van der Waals surface area contributed by atoms with Crippen molar-refractivity contribution in [2.24, 2.45) is 23.7 Å². The highest BCUT2D eigenvalue weighted by Gasteiger charge is 2.34. The first-order valence-electron chi connectivity index (χ1n) is 14.3. The van der Waals surface area contributed by atoms with Crippen LogP contribution in [0.5, 0.6) is 0 Å². The Labute approximate surface area is 204 Å². The lowest BCUT2D eigenvalue weighted by atomic mass is 9.81. The Morgan fingerprint density at radius 2 is 1.39 bits per heavy atom. The lowest BCUT2D eigenvalue weighted by Crippen LogP contribution is -2.33. The third-order valence-corrected chi connectivity index (χ3v) is 7.62. The molecule has 33 heavy (non-hydrogen) atoms. The molecule has 1 rings (SSSR count). The molecule has 0 saturated heterocycles. The van der Waals surface area contributed by atoms with E-state index in [2.05, 4.69) is 27.7 Å². The van der Waals surface area contributed by atoms with Crippen molar-refractivity contribution in [1.29, 1.82) is 0 Å². The van der Waals surface area contributed by atoms with Crippen LogP contribution in [0.15, 0.2) is 0 Å². The number of ether oxygens (including phenoxy) is 1. The van der Waals surface area contributed by atoms with Gasteiger partial charge in [0.1, 0.15) is 6.10 Å². The summed E-state index contributed by atoms with van der Waals surface area (Å²) < 4.78 is 6.13. The Balaban J connectivity index is 2.43. The van der Waals surface area contributed by atoms with Crippen molar-refractivity contribution in [2.45, 2.75) is 149 Å². The molecule has 0 aliphatic heterocycles. The normalized spacial score (nSPS) is 20.5. The molecule has 0 spiro atoms. The SMILES string of the molecule is CCCCC(CC)C(CCCCCCCCCCC(C)C)OC(=O)C1CCCC(C(=O)O)C1. The van der Waals surface area contributed by atoms with E-state index in [0.29, 0.717) is 18.8 Å². The largest absolute Gasteiger partial charge is 0.481 e. The quantitative estimate of drug-likeness (QED) is 0.153. The molecule has 4 heteroatoms. The third-order valence-electron chi connectivity index (χ3n) is 7.62. The predicted octanol–water partition coefficient (Wildman–Crippen LogP) is 8.56. The predicted molar refractivity (Wildman–Crippen MR) is 137 cm³/mol. The van der Waals surface area contributed by atoms with Gasteiger partial charge in [0.15, 0.2) is 0 Å². The van der Waals surface area contributed by atoms with Crippen LogP contribution in [0.4, 0.5) is 0 Å². The second-order valence-corrected chi connectivity index (χ2v) is 11.0. The van der Waals surface area contributed by atoms with E-state index in [0.717, 1.165) is 50.9 Å². The van der Waals surface area contributed by atoms with Gasteiger partial charge in [-0.1, -0.05) is 98.3 Å². The van der Waals surface area contributed by atoms with Crippen LogP contribution >= 0.6 is 0 Å². The Morgan fingerprint density at radius 1 is 0.818 bits per heavy atom. The molecule has 1 N–H and O–H groups in total. The van der Waals surface area contributed by atoms with Gasteiger partial charge in [-0.3, -0.25) is 9.59 Å². The fourth-order valence-electron chi connectivity index (χ4n) is 5.34. The maximum atomic E-state index is 13.0. The molecule has 1 fully saturated rings. The standard InChI is InChI=1S/C29H54O4/c1-5-7-18-24(6-2)27(21-15-13-11-9-8-10-12-14-17-23(3)4)33-29(32)26-20-16-19-25(22-26)28(30)31/h23-27H,5-22H2,1-4H3,(H,30,31). The van der Waals surface area contributed by atoms with E-state index in [1.165, 1.54) is 57.8 Å². The molecule has 0 heterocycles. The van der Waals surface area contributed by atoms with Crippen LogP contribution in [0.2, 0.25) is 0 Å². The van der Waals surface area contributed by atoms with Crippen molar-refractivity contribution in [3.63, 3.8) is 0 Å². The zero-order chi connectivity index (χ0) is 24.5. The summed E-state index contributed by atoms with van der Waals surface area (Å²) in [6.07, 6.45) is 19.9. The maximum Gasteiger partial charge on any atom is 0.309 e. The Kier molecular flexibility index (Phi) is 16.6. The van der Waals surface area contributed by atoms with E-state index in [9.17, 15) is 14.7 Å². The van der Waals surface area contributed by atoms with Crippen LogP contribution in [-0.4, -0.2) is 23.1 Å². The second kappa shape index (κ2) is 18.3. The van der Waals surface area contributed by atoms with Crippen LogP contribution in [-0.2, 0) is 14.3 Å². The molecule has 4 atom stereocenters. The number of carboxylic acid groups (broad SMARTS) is 1. The topological polar surface area (TPSA) is 63.6 Å². The maximum absolute atomic E-state index is 13.0. The number of aliphatic carboxylic acids is 1. The Hall–Kier alpha value is -1.06. The molecule has 1 aliphatic carbocycles. The summed E-state index contributed by atoms with van der Waals surface area (Å²) >= 11 is 0. The first-order valence-corrected chi connectivity index (χ1v) is 14.3. The third kappa shape index (κ3) is 13.4. The molecular formula is C29H54O4. The van der Waals surface area contributed by atoms with E-state index < -0.39 is 5.97 Å². The van der Waals surface area contributed by atoms with Gasteiger partial charge in [0.25, 0.3) is 0 Å². The van der Waals surface area contributed by atoms with Crippen molar-refractivity contribution in [1.82, 2.24) is 0 Å². The molecule has 0 amide bonds. The minimum Gasteiger partial charge on any atom is -0.481 e. The highest BCUT2D eigenvalue weighted by Crippen LogP contribution is 2.32. The average molecular weight is 467 g/mol. The van der Waals surface area contributed by atoms with Crippen LogP contribution in [0.1, 0.15) is 143 Å². The first-order chi connectivity index (χ1) is 15.9. The molecule has 4 unspecified atom stereocenters. The number of hydrogen-bond donors (Lipinski definition) is 1. The fraction of sp³-hybridized carbons (Fsp3) is 0.931. The number of rotatable bonds is 19. The van der Waals surface area contributed by atoms with E-state index in [-0.39, 0.29) is 23.9 Å². The lowest BCUT2D eigenvalue weighted by Gasteiger charge is -2.30. The Morgan fingerprint density at radius 3 is 1.94 bits per heavy atom. The average Bonchev–Trinajstić information content (AvgIpc) is 2.80. The molecular weight excluding hydrogens is 412 g/mol. The van der Waals surface area contributed by atoms with Gasteiger partial charge in [0.2, 0.25) is 0 Å². The number of esters is 1. The molecule has 0 bridgehead atoms. The van der Waals surface area contributed by atoms with Crippen molar-refractivity contribution in [2.75, 3.05) is 0 Å². The molecule has 4 nitrogen and oxygen atoms in total. The Bertz CT molecular complexity index is 516. The summed E-state index contributed by atoms with van der Waals surface area (Å²) in [5.74, 6) is -0.272. The summed E-state index contributed by atoms with van der Waals surface area (Å²) in [4.78, 5) is 24.4. The highest BCUT2D eigenvalue weighted by molar-refractivity contribution is 5.75. The van der Waals surface area contributed by atoms with Crippen LogP contribution < -0.4 is 0 Å². The summed E-state index contributed by atoms with van der Waals surface area (Å²) in [6, 6.07) is 0. The summed E-state index contributed by atoms with van der Waals surface area (Å²) in [5, 5.41) is 9.36. The molecule has 0 aromatic rings. The van der Waals surface area contributed by atoms with Crippen molar-refractivity contribution in [3.05, 3.63) is 0 Å². The van der Waals surface area contributed by atoms with E-state index in [4.69, 9.17) is 4.74 Å². The van der Waals surface area contributed by atoms with Crippen LogP contribution in [0, 0.1) is 23.7 Å². The molecule has 194 valence electrons. The van der Waals surface area contributed by atoms with Crippen molar-refractivity contribution >= 4 is 11.9 Å². The van der Waals surface area contributed by atoms with Gasteiger partial charge in [-0.25, -0.2) is 0 Å². The number of carboxylic acids is 1. The van der Waals surface area contributed by atoms with Gasteiger partial charge >= 0.3 is 11.9 Å². The number of hydrogen-bond acceptors (Lipinski definition) is 3. The molecule has 0 aromatic heterocycles. The summed E-state index contributed by atoms with van der Waals surface area (Å²) in [5.41, 5.74) is 0. The zero-order valence-electron chi connectivity index (χ0n) is 22.3. The van der Waals surface area contributed by atoms with Gasteiger partial charge < -0.3 is 9.84 Å². The molecule has 0 aromatic carbocycles. The molecule has 1 aliphatic rings. The minimum absolute atomic E-state index is 0.00436. The van der Waals surface area contributed by atoms with Gasteiger partial charge in [0, 0.05) is 0 Å². The number of carbonyl (C=O) groups is 2. The lowest BCUT2D eigenvalue weighted by molar-refractivity contribution is -0.160. The zero-order valence-corrected chi connectivity index (χ0v) is 22.3. The highest BCUT2D eigenvalue weighted by atomic mass is 16.5. The smallest absolute Gasteiger partial charge is 0.309 e. The van der Waals surface area contributed by atoms with Crippen LogP contribution in [0.3, 0.4) is 0 Å². The van der Waals surface area contributed by atoms with Gasteiger partial charge in [-0.2, -0.15) is 0 Å². The monoisotopic (exact) mass is 466 g/mol. The summed E-state index contributed by atoms with van der Waals surface area (Å²) in [7, 11) is 0. The number of carbonyl (C=O) groups excluding carboxylic acids is 1. The summed E-state index contributed by atoms with van der Waals surface area (Å²) in [6.45, 7) is 9.03. The minimum atomic E-state index is -0.765. The fourth-order valence-corrected chi connectivity index (χ4v) is 5.34. The van der Waals surface area contributed by atoms with Gasteiger partial charge in [-0.15, -0.1) is 0 Å². The van der Waals surface area contributed by atoms with E-state index in [1.54, 1.807) is 0 Å². The van der Waals surface area contributed by atoms with Gasteiger partial charge in [-0.05, 0) is 56.8 Å². The first kappa shape index (κ1) is 30.0. The van der Waals surface area contributed by atoms with Gasteiger partial charge in [0.05, 0.1) is 11.8 Å². The number of unbranched alkanes of at least 4 members (excludes halogenated alkanes) is 8. The molecule has 1 saturated carbocycles. The van der Waals surface area contributed by atoms with Crippen molar-refractivity contribution in [3.8, 4) is 0 Å². The molecule has 0 radical (unpaired) electrons. The second-order valence-electron chi connectivity index (χ2n) is 11.0. The van der Waals surface area contributed by atoms with E-state index in [1.807, 2.05) is 0 Å².